The first-order valence-corrected chi connectivity index (χ1v) is 14.9. The Hall–Kier alpha value is -5.19. The standard InChI is InChI=1S/C35H35ClN6O4/c1-22(23-10-8-11-25(16-23)39-33(43)13-9-15-41(2)3)42-29-20-32(40-31-12-6-7-14-37-31)38-21-24(29)17-28(35(42)44)27-18-26(45-4)19-30(46-5)34(27)36/h6-14,16-22H,15H2,1-5H3,(H,39,43)(H,37,38,40)/b13-9+. The van der Waals surface area contributed by atoms with Crippen LogP contribution >= 0.6 is 11.6 Å². The van der Waals surface area contributed by atoms with Gasteiger partial charge in [0.05, 0.1) is 30.8 Å². The fourth-order valence-electron chi connectivity index (χ4n) is 5.06. The van der Waals surface area contributed by atoms with E-state index in [4.69, 9.17) is 21.1 Å². The van der Waals surface area contributed by atoms with Gasteiger partial charge < -0.3 is 29.6 Å². The lowest BCUT2D eigenvalue weighted by Crippen LogP contribution is -2.26. The van der Waals surface area contributed by atoms with Gasteiger partial charge in [0.1, 0.15) is 23.1 Å². The third kappa shape index (κ3) is 7.20. The molecule has 5 rings (SSSR count). The summed E-state index contributed by atoms with van der Waals surface area (Å²) in [7, 11) is 6.91. The van der Waals surface area contributed by atoms with Crippen molar-refractivity contribution in [3.8, 4) is 22.6 Å². The molecule has 10 nitrogen and oxygen atoms in total. The molecule has 2 aromatic carbocycles. The number of nitrogens with one attached hydrogen (secondary N) is 2. The molecule has 0 aliphatic rings. The van der Waals surface area contributed by atoms with E-state index in [0.717, 1.165) is 5.56 Å². The van der Waals surface area contributed by atoms with Crippen molar-refractivity contribution in [1.29, 1.82) is 0 Å². The van der Waals surface area contributed by atoms with E-state index < -0.39 is 6.04 Å². The van der Waals surface area contributed by atoms with Crippen LogP contribution in [0.4, 0.5) is 17.3 Å². The van der Waals surface area contributed by atoms with Crippen LogP contribution in [-0.2, 0) is 4.79 Å². The summed E-state index contributed by atoms with van der Waals surface area (Å²) in [5.74, 6) is 1.77. The molecule has 11 heteroatoms. The predicted molar refractivity (Wildman–Crippen MR) is 184 cm³/mol. The highest BCUT2D eigenvalue weighted by molar-refractivity contribution is 6.35. The zero-order valence-electron chi connectivity index (χ0n) is 26.2. The van der Waals surface area contributed by atoms with Crippen molar-refractivity contribution in [2.45, 2.75) is 13.0 Å². The summed E-state index contributed by atoms with van der Waals surface area (Å²) >= 11 is 6.77. The molecule has 1 atom stereocenters. The Balaban J connectivity index is 1.65. The number of methoxy groups -OCH3 is 2. The number of nitrogens with zero attached hydrogens (tertiary/aromatic N) is 4. The summed E-state index contributed by atoms with van der Waals surface area (Å²) in [5, 5.41) is 7.12. The average molecular weight is 639 g/mol. The number of rotatable bonds is 11. The molecule has 3 aromatic heterocycles. The van der Waals surface area contributed by atoms with Gasteiger partial charge in [-0.3, -0.25) is 9.59 Å². The van der Waals surface area contributed by atoms with Gasteiger partial charge in [0.2, 0.25) is 5.91 Å². The molecule has 0 bridgehead atoms. The second-order valence-corrected chi connectivity index (χ2v) is 11.2. The maximum absolute atomic E-state index is 14.5. The molecule has 5 aromatic rings. The molecule has 0 fully saturated rings. The van der Waals surface area contributed by atoms with Gasteiger partial charge in [0, 0.05) is 59.3 Å². The van der Waals surface area contributed by atoms with Crippen LogP contribution in [0.2, 0.25) is 5.02 Å². The Labute approximate surface area is 272 Å². The summed E-state index contributed by atoms with van der Waals surface area (Å²) in [4.78, 5) is 38.0. The molecule has 0 saturated heterocycles. The quantitative estimate of drug-likeness (QED) is 0.157. The van der Waals surface area contributed by atoms with Crippen LogP contribution in [0.3, 0.4) is 0 Å². The van der Waals surface area contributed by atoms with E-state index in [1.54, 1.807) is 41.2 Å². The van der Waals surface area contributed by atoms with E-state index in [-0.39, 0.29) is 16.5 Å². The van der Waals surface area contributed by atoms with Gasteiger partial charge in [-0.2, -0.15) is 0 Å². The summed E-state index contributed by atoms with van der Waals surface area (Å²) in [6.45, 7) is 2.58. The van der Waals surface area contributed by atoms with Crippen molar-refractivity contribution in [1.82, 2.24) is 19.4 Å². The van der Waals surface area contributed by atoms with Gasteiger partial charge in [-0.15, -0.1) is 0 Å². The number of aromatic nitrogens is 3. The lowest BCUT2D eigenvalue weighted by atomic mass is 10.0. The fraction of sp³-hybridized carbons (Fsp3) is 0.200. The number of fused-ring (bicyclic) bond motifs is 1. The SMILES string of the molecule is COc1cc(OC)c(Cl)c(-c2cc3cnc(Nc4ccccn4)cc3n(C(C)c3cccc(NC(=O)/C=C/CN(C)C)c3)c2=O)c1. The maximum atomic E-state index is 14.5. The molecule has 46 heavy (non-hydrogen) atoms. The zero-order valence-corrected chi connectivity index (χ0v) is 27.0. The van der Waals surface area contributed by atoms with Crippen molar-refractivity contribution < 1.29 is 14.3 Å². The molecule has 1 unspecified atom stereocenters. The van der Waals surface area contributed by atoms with Crippen molar-refractivity contribution in [2.75, 3.05) is 45.5 Å². The first-order valence-electron chi connectivity index (χ1n) is 14.6. The molecular formula is C35H35ClN6O4. The first kappa shape index (κ1) is 32.2. The Morgan fingerprint density at radius 3 is 2.54 bits per heavy atom. The van der Waals surface area contributed by atoms with E-state index in [0.29, 0.717) is 57.4 Å². The third-order valence-electron chi connectivity index (χ3n) is 7.36. The number of pyridine rings is 3. The van der Waals surface area contributed by atoms with Crippen molar-refractivity contribution in [2.24, 2.45) is 0 Å². The maximum Gasteiger partial charge on any atom is 0.259 e. The van der Waals surface area contributed by atoms with Gasteiger partial charge in [0.25, 0.3) is 5.56 Å². The van der Waals surface area contributed by atoms with Gasteiger partial charge in [-0.05, 0) is 63.0 Å². The van der Waals surface area contributed by atoms with Crippen molar-refractivity contribution in [3.63, 3.8) is 0 Å². The monoisotopic (exact) mass is 638 g/mol. The van der Waals surface area contributed by atoms with E-state index >= 15 is 0 Å². The third-order valence-corrected chi connectivity index (χ3v) is 7.75. The van der Waals surface area contributed by atoms with Crippen molar-refractivity contribution in [3.05, 3.63) is 112 Å². The zero-order chi connectivity index (χ0) is 32.8. The molecule has 0 radical (unpaired) electrons. The number of ether oxygens (including phenoxy) is 2. The number of halogens is 1. The summed E-state index contributed by atoms with van der Waals surface area (Å²) in [5.41, 5.74) is 2.59. The number of hydrogen-bond acceptors (Lipinski definition) is 8. The van der Waals surface area contributed by atoms with Crippen LogP contribution in [0, 0.1) is 0 Å². The second kappa shape index (κ2) is 14.3. The number of amides is 1. The molecule has 0 aliphatic carbocycles. The molecule has 0 spiro atoms. The first-order chi connectivity index (χ1) is 22.2. The molecule has 0 saturated carbocycles. The van der Waals surface area contributed by atoms with E-state index in [2.05, 4.69) is 20.6 Å². The minimum absolute atomic E-state index is 0.241. The van der Waals surface area contributed by atoms with Gasteiger partial charge >= 0.3 is 0 Å². The number of anilines is 3. The van der Waals surface area contributed by atoms with Crippen LogP contribution in [0.1, 0.15) is 18.5 Å². The Kier molecular flexibility index (Phi) is 10.00. The lowest BCUT2D eigenvalue weighted by Gasteiger charge is -2.22. The van der Waals surface area contributed by atoms with E-state index in [1.807, 2.05) is 74.4 Å². The number of carbonyl (C=O) groups excluding carboxylic acids is 1. The largest absolute Gasteiger partial charge is 0.497 e. The molecular weight excluding hydrogens is 604 g/mol. The highest BCUT2D eigenvalue weighted by Gasteiger charge is 2.22. The van der Waals surface area contributed by atoms with Crippen LogP contribution in [0.15, 0.2) is 96.1 Å². The fourth-order valence-corrected chi connectivity index (χ4v) is 5.35. The number of likely N-dealkylation sites (N-methyl/N-ethyl adjacent to an activating group) is 1. The highest BCUT2D eigenvalue weighted by Crippen LogP contribution is 2.39. The van der Waals surface area contributed by atoms with Gasteiger partial charge in [-0.1, -0.05) is 35.9 Å². The molecule has 0 aliphatic heterocycles. The van der Waals surface area contributed by atoms with Crippen LogP contribution in [0.5, 0.6) is 11.5 Å². The Morgan fingerprint density at radius 2 is 1.83 bits per heavy atom. The number of hydrogen-bond donors (Lipinski definition) is 2. The Morgan fingerprint density at radius 1 is 1.00 bits per heavy atom. The minimum Gasteiger partial charge on any atom is -0.497 e. The number of benzene rings is 2. The normalized spacial score (nSPS) is 12.0. The summed E-state index contributed by atoms with van der Waals surface area (Å²) < 4.78 is 12.7. The number of carbonyl (C=O) groups is 1. The Bertz CT molecular complexity index is 1960. The smallest absolute Gasteiger partial charge is 0.259 e. The predicted octanol–water partition coefficient (Wildman–Crippen LogP) is 6.54. The molecule has 3 heterocycles. The van der Waals surface area contributed by atoms with Crippen LogP contribution in [-0.4, -0.2) is 60.2 Å². The van der Waals surface area contributed by atoms with Gasteiger partial charge in [-0.25, -0.2) is 9.97 Å². The molecule has 1 amide bonds. The van der Waals surface area contributed by atoms with Gasteiger partial charge in [0.15, 0.2) is 0 Å². The topological polar surface area (TPSA) is 111 Å². The second-order valence-electron chi connectivity index (χ2n) is 10.8. The van der Waals surface area contributed by atoms with Crippen LogP contribution < -0.4 is 25.7 Å². The summed E-state index contributed by atoms with van der Waals surface area (Å²) in [6.07, 6.45) is 6.69. The van der Waals surface area contributed by atoms with E-state index in [9.17, 15) is 9.59 Å². The van der Waals surface area contributed by atoms with E-state index in [1.165, 1.54) is 20.3 Å². The lowest BCUT2D eigenvalue weighted by molar-refractivity contribution is -0.111. The summed E-state index contributed by atoms with van der Waals surface area (Å²) in [6, 6.07) is 19.5. The van der Waals surface area contributed by atoms with Crippen LogP contribution in [0.25, 0.3) is 22.0 Å². The molecule has 236 valence electrons. The molecule has 2 N–H and O–H groups in total. The van der Waals surface area contributed by atoms with Crippen molar-refractivity contribution >= 4 is 45.7 Å². The highest BCUT2D eigenvalue weighted by atomic mass is 35.5. The minimum atomic E-state index is -0.465. The average Bonchev–Trinajstić information content (AvgIpc) is 3.05.